The van der Waals surface area contributed by atoms with E-state index < -0.39 is 0 Å². The Morgan fingerprint density at radius 1 is 1.19 bits per heavy atom. The second-order valence-corrected chi connectivity index (χ2v) is 7.70. The van der Waals surface area contributed by atoms with Crippen LogP contribution >= 0.6 is 11.6 Å². The topological polar surface area (TPSA) is 51.5 Å². The predicted octanol–water partition coefficient (Wildman–Crippen LogP) is 5.95. The second-order valence-electron chi connectivity index (χ2n) is 7.29. The average molecular weight is 372 g/mol. The van der Waals surface area contributed by atoms with E-state index >= 15 is 0 Å². The monoisotopic (exact) mass is 371 g/mol. The van der Waals surface area contributed by atoms with Crippen LogP contribution in [0.5, 0.6) is 5.75 Å². The molecule has 3 rings (SSSR count). The fraction of sp³-hybridized carbons (Fsp3) is 0.286. The molecule has 3 aromatic rings. The summed E-state index contributed by atoms with van der Waals surface area (Å²) in [6, 6.07) is 11.3. The highest BCUT2D eigenvalue weighted by Gasteiger charge is 2.22. The van der Waals surface area contributed by atoms with Crippen LogP contribution in [0.3, 0.4) is 0 Å². The fourth-order valence-corrected chi connectivity index (χ4v) is 3.09. The summed E-state index contributed by atoms with van der Waals surface area (Å²) in [5.74, 6) is 0.508. The Morgan fingerprint density at radius 2 is 1.92 bits per heavy atom. The van der Waals surface area contributed by atoms with E-state index in [-0.39, 0.29) is 17.1 Å². The highest BCUT2D eigenvalue weighted by Crippen LogP contribution is 2.34. The maximum atomic E-state index is 12.8. The van der Waals surface area contributed by atoms with Gasteiger partial charge in [0.25, 0.3) is 5.91 Å². The molecule has 1 N–H and O–H groups in total. The summed E-state index contributed by atoms with van der Waals surface area (Å²) < 4.78 is 11.1. The molecule has 0 fully saturated rings. The van der Waals surface area contributed by atoms with Crippen molar-refractivity contribution in [1.82, 2.24) is 0 Å². The van der Waals surface area contributed by atoms with Crippen molar-refractivity contribution >= 4 is 34.2 Å². The van der Waals surface area contributed by atoms with E-state index in [1.807, 2.05) is 37.3 Å². The standard InChI is InChI=1S/C21H22ClNO3/c1-12-14-7-6-8-15(22)19(14)26-18(12)20(24)23-16-11-13(21(2,3)4)9-10-17(16)25-5/h6-11H,1-5H3,(H,23,24). The minimum atomic E-state index is -0.334. The number of furan rings is 1. The molecule has 5 heteroatoms. The van der Waals surface area contributed by atoms with Crippen LogP contribution in [0.1, 0.15) is 42.5 Å². The van der Waals surface area contributed by atoms with Crippen LogP contribution in [-0.2, 0) is 5.41 Å². The molecule has 2 aromatic carbocycles. The molecular formula is C21H22ClNO3. The summed E-state index contributed by atoms with van der Waals surface area (Å²) in [6.45, 7) is 8.20. The van der Waals surface area contributed by atoms with Gasteiger partial charge in [0.05, 0.1) is 17.8 Å². The fourth-order valence-electron chi connectivity index (χ4n) is 2.88. The van der Waals surface area contributed by atoms with Crippen LogP contribution in [0, 0.1) is 6.92 Å². The van der Waals surface area contributed by atoms with Crippen molar-refractivity contribution < 1.29 is 13.9 Å². The number of ether oxygens (including phenoxy) is 1. The number of halogens is 1. The van der Waals surface area contributed by atoms with Crippen LogP contribution in [0.2, 0.25) is 5.02 Å². The van der Waals surface area contributed by atoms with Gasteiger partial charge in [-0.25, -0.2) is 0 Å². The SMILES string of the molecule is COc1ccc(C(C)(C)C)cc1NC(=O)c1oc2c(Cl)cccc2c1C. The minimum Gasteiger partial charge on any atom is -0.495 e. The second kappa shape index (κ2) is 6.69. The zero-order valence-corrected chi connectivity index (χ0v) is 16.3. The lowest BCUT2D eigenvalue weighted by molar-refractivity contribution is 0.0997. The molecule has 0 saturated heterocycles. The van der Waals surface area contributed by atoms with E-state index in [0.717, 1.165) is 16.5 Å². The first-order valence-corrected chi connectivity index (χ1v) is 8.77. The van der Waals surface area contributed by atoms with Gasteiger partial charge in [0.15, 0.2) is 11.3 Å². The number of hydrogen-bond donors (Lipinski definition) is 1. The Kier molecular flexibility index (Phi) is 4.72. The lowest BCUT2D eigenvalue weighted by atomic mass is 9.87. The largest absolute Gasteiger partial charge is 0.495 e. The molecular weight excluding hydrogens is 350 g/mol. The number of aryl methyl sites for hydroxylation is 1. The Labute approximate surface area is 158 Å². The van der Waals surface area contributed by atoms with E-state index in [0.29, 0.717) is 22.0 Å². The molecule has 0 atom stereocenters. The van der Waals surface area contributed by atoms with Crippen LogP contribution in [0.4, 0.5) is 5.69 Å². The van der Waals surface area contributed by atoms with E-state index in [4.69, 9.17) is 20.8 Å². The number of carbonyl (C=O) groups is 1. The van der Waals surface area contributed by atoms with Crippen molar-refractivity contribution in [2.75, 3.05) is 12.4 Å². The zero-order valence-electron chi connectivity index (χ0n) is 15.6. The number of fused-ring (bicyclic) bond motifs is 1. The van der Waals surface area contributed by atoms with E-state index in [1.165, 1.54) is 0 Å². The maximum absolute atomic E-state index is 12.8. The highest BCUT2D eigenvalue weighted by molar-refractivity contribution is 6.35. The molecule has 0 saturated carbocycles. The molecule has 0 aliphatic rings. The highest BCUT2D eigenvalue weighted by atomic mass is 35.5. The molecule has 0 spiro atoms. The van der Waals surface area contributed by atoms with Crippen LogP contribution in [0.15, 0.2) is 40.8 Å². The van der Waals surface area contributed by atoms with Gasteiger partial charge in [-0.3, -0.25) is 4.79 Å². The van der Waals surface area contributed by atoms with Gasteiger partial charge in [0.2, 0.25) is 0 Å². The number of rotatable bonds is 3. The number of nitrogens with one attached hydrogen (secondary N) is 1. The van der Waals surface area contributed by atoms with Crippen molar-refractivity contribution in [2.45, 2.75) is 33.1 Å². The quantitative estimate of drug-likeness (QED) is 0.618. The summed E-state index contributed by atoms with van der Waals surface area (Å²) in [7, 11) is 1.58. The van der Waals surface area contributed by atoms with Crippen molar-refractivity contribution in [1.29, 1.82) is 0 Å². The first kappa shape index (κ1) is 18.3. The molecule has 136 valence electrons. The molecule has 26 heavy (non-hydrogen) atoms. The van der Waals surface area contributed by atoms with Gasteiger partial charge in [-0.05, 0) is 36.1 Å². The molecule has 0 aliphatic carbocycles. The third-order valence-corrected chi connectivity index (χ3v) is 4.73. The predicted molar refractivity (Wildman–Crippen MR) is 106 cm³/mol. The van der Waals surface area contributed by atoms with Crippen molar-refractivity contribution in [3.05, 3.63) is 58.3 Å². The van der Waals surface area contributed by atoms with E-state index in [2.05, 4.69) is 26.1 Å². The van der Waals surface area contributed by atoms with Crippen LogP contribution in [0.25, 0.3) is 11.0 Å². The molecule has 0 unspecified atom stereocenters. The summed E-state index contributed by atoms with van der Waals surface area (Å²) in [5.41, 5.74) is 2.93. The van der Waals surface area contributed by atoms with E-state index in [9.17, 15) is 4.79 Å². The summed E-state index contributed by atoms with van der Waals surface area (Å²) in [5, 5.41) is 4.23. The molecule has 0 bridgehead atoms. The van der Waals surface area contributed by atoms with Crippen molar-refractivity contribution in [3.8, 4) is 5.75 Å². The zero-order chi connectivity index (χ0) is 19.1. The van der Waals surface area contributed by atoms with Gasteiger partial charge >= 0.3 is 0 Å². The van der Waals surface area contributed by atoms with Crippen LogP contribution < -0.4 is 10.1 Å². The average Bonchev–Trinajstić information content (AvgIpc) is 2.92. The van der Waals surface area contributed by atoms with Gasteiger partial charge in [-0.1, -0.05) is 50.6 Å². The molecule has 4 nitrogen and oxygen atoms in total. The van der Waals surface area contributed by atoms with Crippen LogP contribution in [-0.4, -0.2) is 13.0 Å². The smallest absolute Gasteiger partial charge is 0.291 e. The first-order chi connectivity index (χ1) is 12.2. The number of amides is 1. The van der Waals surface area contributed by atoms with Gasteiger partial charge in [0, 0.05) is 10.9 Å². The Morgan fingerprint density at radius 3 is 2.54 bits per heavy atom. The molecule has 0 aliphatic heterocycles. The number of benzene rings is 2. The van der Waals surface area contributed by atoms with Gasteiger partial charge in [0.1, 0.15) is 5.75 Å². The third kappa shape index (κ3) is 3.29. The number of hydrogen-bond acceptors (Lipinski definition) is 3. The Bertz CT molecular complexity index is 983. The summed E-state index contributed by atoms with van der Waals surface area (Å²) in [6.07, 6.45) is 0. The van der Waals surface area contributed by atoms with E-state index in [1.54, 1.807) is 13.2 Å². The molecule has 0 radical (unpaired) electrons. The first-order valence-electron chi connectivity index (χ1n) is 8.40. The number of carbonyl (C=O) groups excluding carboxylic acids is 1. The number of methoxy groups -OCH3 is 1. The minimum absolute atomic E-state index is 0.0471. The van der Waals surface area contributed by atoms with Gasteiger partial charge in [-0.15, -0.1) is 0 Å². The Hall–Kier alpha value is -2.46. The third-order valence-electron chi connectivity index (χ3n) is 4.44. The Balaban J connectivity index is 2.00. The maximum Gasteiger partial charge on any atom is 0.291 e. The normalized spacial score (nSPS) is 11.6. The lowest BCUT2D eigenvalue weighted by Gasteiger charge is -2.21. The van der Waals surface area contributed by atoms with Crippen molar-refractivity contribution in [2.24, 2.45) is 0 Å². The van der Waals surface area contributed by atoms with Gasteiger partial charge in [-0.2, -0.15) is 0 Å². The van der Waals surface area contributed by atoms with Gasteiger partial charge < -0.3 is 14.5 Å². The number of anilines is 1. The molecule has 1 aromatic heterocycles. The molecule has 1 amide bonds. The number of para-hydroxylation sites is 1. The summed E-state index contributed by atoms with van der Waals surface area (Å²) >= 11 is 6.18. The molecule has 1 heterocycles. The van der Waals surface area contributed by atoms with Crippen molar-refractivity contribution in [3.63, 3.8) is 0 Å². The summed E-state index contributed by atoms with van der Waals surface area (Å²) in [4.78, 5) is 12.8. The lowest BCUT2D eigenvalue weighted by Crippen LogP contribution is -2.15.